The van der Waals surface area contributed by atoms with E-state index in [1.54, 1.807) is 7.05 Å². The first kappa shape index (κ1) is 18.8. The number of anilines is 1. The third-order valence-electron chi connectivity index (χ3n) is 3.46. The summed E-state index contributed by atoms with van der Waals surface area (Å²) >= 11 is 15.2. The van der Waals surface area contributed by atoms with Crippen LogP contribution in [0, 0.1) is 6.92 Å². The molecule has 2 N–H and O–H groups in total. The number of aromatic nitrogens is 1. The van der Waals surface area contributed by atoms with Crippen molar-refractivity contribution in [1.82, 2.24) is 9.88 Å². The Morgan fingerprint density at radius 1 is 1.25 bits per heavy atom. The van der Waals surface area contributed by atoms with E-state index < -0.39 is 0 Å². The molecule has 0 saturated carbocycles. The number of aryl methyl sites for hydroxylation is 1. The Bertz CT molecular complexity index is 790. The second kappa shape index (κ2) is 8.05. The maximum Gasteiger partial charge on any atom is 0.268 e. The SMILES string of the molecule is Cc1ccc(Br)cc1NC(=O)CCNC(=O)c1cc(Cl)c(Cl)n1C. The van der Waals surface area contributed by atoms with Gasteiger partial charge in [0.2, 0.25) is 5.91 Å². The van der Waals surface area contributed by atoms with Gasteiger partial charge in [-0.15, -0.1) is 0 Å². The van der Waals surface area contributed by atoms with Crippen LogP contribution in [-0.2, 0) is 11.8 Å². The topological polar surface area (TPSA) is 63.1 Å². The molecular formula is C16H16BrCl2N3O2. The van der Waals surface area contributed by atoms with Gasteiger partial charge in [-0.3, -0.25) is 9.59 Å². The molecule has 0 bridgehead atoms. The zero-order valence-electron chi connectivity index (χ0n) is 13.1. The Labute approximate surface area is 158 Å². The van der Waals surface area contributed by atoms with E-state index in [0.717, 1.165) is 15.7 Å². The first-order valence-electron chi connectivity index (χ1n) is 7.14. The van der Waals surface area contributed by atoms with Crippen LogP contribution in [-0.4, -0.2) is 22.9 Å². The lowest BCUT2D eigenvalue weighted by Gasteiger charge is -2.10. The van der Waals surface area contributed by atoms with Crippen molar-refractivity contribution in [1.29, 1.82) is 0 Å². The molecule has 0 radical (unpaired) electrons. The van der Waals surface area contributed by atoms with Crippen molar-refractivity contribution < 1.29 is 9.59 Å². The van der Waals surface area contributed by atoms with Crippen molar-refractivity contribution >= 4 is 56.6 Å². The van der Waals surface area contributed by atoms with Crippen LogP contribution >= 0.6 is 39.1 Å². The number of hydrogen-bond donors (Lipinski definition) is 2. The highest BCUT2D eigenvalue weighted by Crippen LogP contribution is 2.25. The number of carbonyl (C=O) groups is 2. The lowest BCUT2D eigenvalue weighted by Crippen LogP contribution is -2.29. The van der Waals surface area contributed by atoms with Gasteiger partial charge in [0.1, 0.15) is 10.8 Å². The van der Waals surface area contributed by atoms with Crippen molar-refractivity contribution in [2.75, 3.05) is 11.9 Å². The largest absolute Gasteiger partial charge is 0.350 e. The second-order valence-electron chi connectivity index (χ2n) is 5.24. The summed E-state index contributed by atoms with van der Waals surface area (Å²) in [5.41, 5.74) is 2.04. The summed E-state index contributed by atoms with van der Waals surface area (Å²) in [6.07, 6.45) is 0.156. The van der Waals surface area contributed by atoms with Crippen molar-refractivity contribution in [3.05, 3.63) is 50.2 Å². The van der Waals surface area contributed by atoms with Gasteiger partial charge < -0.3 is 15.2 Å². The number of hydrogen-bond acceptors (Lipinski definition) is 2. The summed E-state index contributed by atoms with van der Waals surface area (Å²) in [5, 5.41) is 6.11. The molecule has 0 unspecified atom stereocenters. The standard InChI is InChI=1S/C16H16BrCl2N3O2/c1-9-3-4-10(17)7-12(9)21-14(23)5-6-20-16(24)13-8-11(18)15(19)22(13)2/h3-4,7-8H,5-6H2,1-2H3,(H,20,24)(H,21,23). The fourth-order valence-electron chi connectivity index (χ4n) is 2.08. The number of nitrogens with zero attached hydrogens (tertiary/aromatic N) is 1. The van der Waals surface area contributed by atoms with Gasteiger partial charge in [0.15, 0.2) is 0 Å². The molecule has 0 atom stereocenters. The molecule has 8 heteroatoms. The summed E-state index contributed by atoms with van der Waals surface area (Å²) in [6.45, 7) is 2.12. The van der Waals surface area contributed by atoms with Crippen molar-refractivity contribution in [2.24, 2.45) is 7.05 Å². The molecule has 1 aromatic carbocycles. The maximum absolute atomic E-state index is 12.1. The van der Waals surface area contributed by atoms with E-state index in [1.165, 1.54) is 10.6 Å². The van der Waals surface area contributed by atoms with Crippen LogP contribution in [0.3, 0.4) is 0 Å². The normalized spacial score (nSPS) is 10.5. The van der Waals surface area contributed by atoms with Gasteiger partial charge in [0.25, 0.3) is 5.91 Å². The van der Waals surface area contributed by atoms with Crippen LogP contribution in [0.25, 0.3) is 0 Å². The molecule has 0 spiro atoms. The number of halogens is 3. The number of rotatable bonds is 5. The third-order valence-corrected chi connectivity index (χ3v) is 4.80. The molecule has 0 aliphatic heterocycles. The average molecular weight is 433 g/mol. The van der Waals surface area contributed by atoms with E-state index in [0.29, 0.717) is 15.9 Å². The van der Waals surface area contributed by atoms with Gasteiger partial charge in [0, 0.05) is 30.2 Å². The van der Waals surface area contributed by atoms with Gasteiger partial charge >= 0.3 is 0 Å². The Morgan fingerprint density at radius 2 is 1.96 bits per heavy atom. The molecule has 0 aliphatic carbocycles. The monoisotopic (exact) mass is 431 g/mol. The van der Waals surface area contributed by atoms with E-state index in [1.807, 2.05) is 25.1 Å². The summed E-state index contributed by atoms with van der Waals surface area (Å²) in [5.74, 6) is -0.516. The molecule has 1 aromatic heterocycles. The molecule has 128 valence electrons. The van der Waals surface area contributed by atoms with Gasteiger partial charge in [-0.05, 0) is 30.7 Å². The van der Waals surface area contributed by atoms with Crippen LogP contribution in [0.1, 0.15) is 22.5 Å². The van der Waals surface area contributed by atoms with Crippen LogP contribution in [0.5, 0.6) is 0 Å². The van der Waals surface area contributed by atoms with Crippen LogP contribution in [0.15, 0.2) is 28.7 Å². The zero-order valence-corrected chi connectivity index (χ0v) is 16.2. The molecule has 2 amide bonds. The lowest BCUT2D eigenvalue weighted by molar-refractivity contribution is -0.116. The molecule has 0 fully saturated rings. The van der Waals surface area contributed by atoms with Gasteiger partial charge in [-0.1, -0.05) is 45.2 Å². The molecule has 0 aliphatic rings. The van der Waals surface area contributed by atoms with E-state index in [9.17, 15) is 9.59 Å². The van der Waals surface area contributed by atoms with Crippen molar-refractivity contribution in [2.45, 2.75) is 13.3 Å². The van der Waals surface area contributed by atoms with Gasteiger partial charge in [-0.25, -0.2) is 0 Å². The second-order valence-corrected chi connectivity index (χ2v) is 6.92. The minimum atomic E-state index is -0.335. The quantitative estimate of drug-likeness (QED) is 0.744. The number of nitrogens with one attached hydrogen (secondary N) is 2. The highest BCUT2D eigenvalue weighted by atomic mass is 79.9. The molecular weight excluding hydrogens is 417 g/mol. The highest BCUT2D eigenvalue weighted by Gasteiger charge is 2.15. The fourth-order valence-corrected chi connectivity index (χ4v) is 2.82. The number of carbonyl (C=O) groups excluding carboxylic acids is 2. The third kappa shape index (κ3) is 4.53. The van der Waals surface area contributed by atoms with Gasteiger partial charge in [-0.2, -0.15) is 0 Å². The van der Waals surface area contributed by atoms with E-state index >= 15 is 0 Å². The van der Waals surface area contributed by atoms with Crippen molar-refractivity contribution in [3.63, 3.8) is 0 Å². The zero-order chi connectivity index (χ0) is 17.9. The molecule has 2 aromatic rings. The molecule has 2 rings (SSSR count). The minimum absolute atomic E-state index is 0.156. The van der Waals surface area contributed by atoms with E-state index in [4.69, 9.17) is 23.2 Å². The van der Waals surface area contributed by atoms with E-state index in [2.05, 4.69) is 26.6 Å². The number of amides is 2. The maximum atomic E-state index is 12.1. The molecule has 24 heavy (non-hydrogen) atoms. The molecule has 0 saturated heterocycles. The smallest absolute Gasteiger partial charge is 0.268 e. The highest BCUT2D eigenvalue weighted by molar-refractivity contribution is 9.10. The molecule has 1 heterocycles. The molecule has 5 nitrogen and oxygen atoms in total. The Morgan fingerprint density at radius 3 is 2.58 bits per heavy atom. The van der Waals surface area contributed by atoms with Crippen LogP contribution < -0.4 is 10.6 Å². The summed E-state index contributed by atoms with van der Waals surface area (Å²) in [4.78, 5) is 24.1. The number of benzene rings is 1. The Kier molecular flexibility index (Phi) is 6.32. The van der Waals surface area contributed by atoms with Crippen molar-refractivity contribution in [3.8, 4) is 0 Å². The van der Waals surface area contributed by atoms with Gasteiger partial charge in [0.05, 0.1) is 5.02 Å². The predicted octanol–water partition coefficient (Wildman–Crippen LogP) is 4.16. The van der Waals surface area contributed by atoms with Crippen LogP contribution in [0.4, 0.5) is 5.69 Å². The summed E-state index contributed by atoms with van der Waals surface area (Å²) in [6, 6.07) is 7.13. The van der Waals surface area contributed by atoms with E-state index in [-0.39, 0.29) is 24.8 Å². The lowest BCUT2D eigenvalue weighted by atomic mass is 10.2. The Balaban J connectivity index is 1.87. The first-order chi connectivity index (χ1) is 11.3. The minimum Gasteiger partial charge on any atom is -0.350 e. The predicted molar refractivity (Wildman–Crippen MR) is 99.9 cm³/mol. The summed E-state index contributed by atoms with van der Waals surface area (Å²) < 4.78 is 2.37. The Hall–Kier alpha value is -1.50. The first-order valence-corrected chi connectivity index (χ1v) is 8.69. The summed E-state index contributed by atoms with van der Waals surface area (Å²) in [7, 11) is 1.64. The fraction of sp³-hybridized carbons (Fsp3) is 0.250. The average Bonchev–Trinajstić information content (AvgIpc) is 2.78. The van der Waals surface area contributed by atoms with Crippen LogP contribution in [0.2, 0.25) is 10.2 Å².